The van der Waals surface area contributed by atoms with Gasteiger partial charge in [-0.15, -0.1) is 5.11 Å². The van der Waals surface area contributed by atoms with E-state index in [1.165, 1.54) is 9.13 Å². The van der Waals surface area contributed by atoms with Crippen molar-refractivity contribution in [3.8, 4) is 23.0 Å². The summed E-state index contributed by atoms with van der Waals surface area (Å²) in [5.74, 6) is 0.292. The minimum absolute atomic E-state index is 0.0775. The molecule has 0 radical (unpaired) electrons. The van der Waals surface area contributed by atoms with Crippen molar-refractivity contribution in [2.24, 2.45) is 10.2 Å². The first kappa shape index (κ1) is 23.4. The predicted molar refractivity (Wildman–Crippen MR) is 135 cm³/mol. The zero-order valence-electron chi connectivity index (χ0n) is 18.5. The largest absolute Gasteiger partial charge is 0.494 e. The molecule has 4 aromatic rings. The van der Waals surface area contributed by atoms with E-state index in [4.69, 9.17) is 28.6 Å². The van der Waals surface area contributed by atoms with Crippen LogP contribution in [0.25, 0.3) is 11.4 Å². The van der Waals surface area contributed by atoms with Crippen LogP contribution in [0.1, 0.15) is 12.5 Å². The molecule has 1 heterocycles. The lowest BCUT2D eigenvalue weighted by atomic mass is 10.2. The molecule has 0 saturated carbocycles. The molecule has 0 aliphatic carbocycles. The van der Waals surface area contributed by atoms with Gasteiger partial charge in [-0.1, -0.05) is 29.3 Å². The topological polar surface area (TPSA) is 81.1 Å². The highest BCUT2D eigenvalue weighted by Gasteiger charge is 2.19. The molecule has 172 valence electrons. The molecule has 9 heteroatoms. The summed E-state index contributed by atoms with van der Waals surface area (Å²) >= 11 is 11.6. The van der Waals surface area contributed by atoms with Gasteiger partial charge in [0.2, 0.25) is 11.6 Å². The molecule has 0 spiro atoms. The van der Waals surface area contributed by atoms with Crippen LogP contribution in [0.3, 0.4) is 0 Å². The summed E-state index contributed by atoms with van der Waals surface area (Å²) in [6.45, 7) is 4.40. The maximum atomic E-state index is 13.4. The Labute approximate surface area is 206 Å². The van der Waals surface area contributed by atoms with Gasteiger partial charge in [-0.3, -0.25) is 13.9 Å². The van der Waals surface area contributed by atoms with Crippen molar-refractivity contribution in [1.29, 1.82) is 0 Å². The first-order chi connectivity index (χ1) is 16.4. The first-order valence-corrected chi connectivity index (χ1v) is 11.3. The lowest BCUT2D eigenvalue weighted by molar-refractivity contribution is 0.340. The average molecular weight is 493 g/mol. The Balaban J connectivity index is 1.91. The number of azo groups is 1. The summed E-state index contributed by atoms with van der Waals surface area (Å²) in [5.41, 5.74) is 1.73. The number of rotatable bonds is 6. The molecule has 1 aromatic heterocycles. The lowest BCUT2D eigenvalue weighted by Gasteiger charge is -2.16. The second-order valence-electron chi connectivity index (χ2n) is 7.37. The molecular formula is C25H21ClN4O3S. The van der Waals surface area contributed by atoms with Crippen LogP contribution in [0.5, 0.6) is 11.6 Å². The zero-order chi connectivity index (χ0) is 24.2. The molecule has 1 N–H and O–H groups in total. The summed E-state index contributed by atoms with van der Waals surface area (Å²) in [7, 11) is 0. The Kier molecular flexibility index (Phi) is 6.90. The van der Waals surface area contributed by atoms with Crippen molar-refractivity contribution in [3.05, 3.63) is 98.5 Å². The lowest BCUT2D eigenvalue weighted by Crippen LogP contribution is -2.23. The third kappa shape index (κ3) is 4.78. The van der Waals surface area contributed by atoms with Crippen LogP contribution < -0.4 is 10.3 Å². The van der Waals surface area contributed by atoms with Crippen molar-refractivity contribution in [3.63, 3.8) is 0 Å². The number of aryl methyl sites for hydroxylation is 1. The van der Waals surface area contributed by atoms with Gasteiger partial charge in [-0.25, -0.2) is 0 Å². The first-order valence-electron chi connectivity index (χ1n) is 10.5. The van der Waals surface area contributed by atoms with E-state index in [1.807, 2.05) is 26.0 Å². The van der Waals surface area contributed by atoms with Gasteiger partial charge in [-0.2, -0.15) is 5.11 Å². The van der Waals surface area contributed by atoms with Gasteiger partial charge in [0.1, 0.15) is 5.75 Å². The van der Waals surface area contributed by atoms with Crippen molar-refractivity contribution < 1.29 is 9.84 Å². The van der Waals surface area contributed by atoms with Gasteiger partial charge in [0.15, 0.2) is 4.77 Å². The summed E-state index contributed by atoms with van der Waals surface area (Å²) < 4.78 is 8.18. The van der Waals surface area contributed by atoms with Gasteiger partial charge < -0.3 is 9.84 Å². The van der Waals surface area contributed by atoms with Gasteiger partial charge in [0, 0.05) is 5.02 Å². The summed E-state index contributed by atoms with van der Waals surface area (Å²) in [6, 6.07) is 20.9. The van der Waals surface area contributed by atoms with Crippen molar-refractivity contribution in [2.75, 3.05) is 6.61 Å². The normalized spacial score (nSPS) is 11.1. The summed E-state index contributed by atoms with van der Waals surface area (Å²) in [6.07, 6.45) is 0. The SMILES string of the molecule is CCOc1ccc(N=Nc2c(O)n(-c3ccc(C)cc3)c(=S)n(-c3ccc(Cl)cc3)c2=O)cc1. The Morgan fingerprint density at radius 2 is 1.50 bits per heavy atom. The zero-order valence-corrected chi connectivity index (χ0v) is 20.0. The third-order valence-corrected chi connectivity index (χ3v) is 5.62. The van der Waals surface area contributed by atoms with Crippen LogP contribution in [-0.2, 0) is 0 Å². The molecule has 0 atom stereocenters. The van der Waals surface area contributed by atoms with Gasteiger partial charge in [0.25, 0.3) is 5.56 Å². The molecule has 3 aromatic carbocycles. The van der Waals surface area contributed by atoms with Crippen LogP contribution in [0.2, 0.25) is 5.02 Å². The molecule has 0 aliphatic heterocycles. The highest BCUT2D eigenvalue weighted by atomic mass is 35.5. The number of hydrogen-bond donors (Lipinski definition) is 1. The summed E-state index contributed by atoms with van der Waals surface area (Å²) in [4.78, 5) is 13.4. The van der Waals surface area contributed by atoms with Crippen LogP contribution in [0.4, 0.5) is 11.4 Å². The van der Waals surface area contributed by atoms with Crippen molar-refractivity contribution in [1.82, 2.24) is 9.13 Å². The highest BCUT2D eigenvalue weighted by Crippen LogP contribution is 2.29. The number of nitrogens with zero attached hydrogens (tertiary/aromatic N) is 4. The van der Waals surface area contributed by atoms with Gasteiger partial charge >= 0.3 is 0 Å². The second kappa shape index (κ2) is 10.0. The molecule has 0 saturated heterocycles. The Bertz CT molecular complexity index is 1460. The molecule has 0 aliphatic rings. The average Bonchev–Trinajstić information content (AvgIpc) is 2.82. The Morgan fingerprint density at radius 3 is 2.12 bits per heavy atom. The molecular weight excluding hydrogens is 472 g/mol. The van der Waals surface area contributed by atoms with Gasteiger partial charge in [0.05, 0.1) is 23.7 Å². The van der Waals surface area contributed by atoms with Crippen LogP contribution in [0.15, 0.2) is 87.8 Å². The number of hydrogen-bond acceptors (Lipinski definition) is 6. The molecule has 0 unspecified atom stereocenters. The second-order valence-corrected chi connectivity index (χ2v) is 8.17. The van der Waals surface area contributed by atoms with E-state index in [1.54, 1.807) is 60.7 Å². The van der Waals surface area contributed by atoms with Crippen LogP contribution in [0, 0.1) is 11.7 Å². The third-order valence-electron chi connectivity index (χ3n) is 5.00. The van der Waals surface area contributed by atoms with Crippen molar-refractivity contribution in [2.45, 2.75) is 13.8 Å². The predicted octanol–water partition coefficient (Wildman–Crippen LogP) is 6.84. The number of aromatic hydroxyl groups is 1. The van der Waals surface area contributed by atoms with E-state index in [0.29, 0.717) is 34.4 Å². The number of halogens is 1. The number of aromatic nitrogens is 2. The van der Waals surface area contributed by atoms with E-state index < -0.39 is 11.4 Å². The monoisotopic (exact) mass is 492 g/mol. The van der Waals surface area contributed by atoms with Crippen LogP contribution >= 0.6 is 23.8 Å². The quantitative estimate of drug-likeness (QED) is 0.236. The van der Waals surface area contributed by atoms with E-state index in [2.05, 4.69) is 10.2 Å². The molecule has 34 heavy (non-hydrogen) atoms. The smallest absolute Gasteiger partial charge is 0.290 e. The molecule has 0 fully saturated rings. The minimum atomic E-state index is -0.608. The van der Waals surface area contributed by atoms with Crippen molar-refractivity contribution >= 4 is 35.2 Å². The fourth-order valence-corrected chi connectivity index (χ4v) is 3.81. The number of ether oxygens (including phenoxy) is 1. The maximum absolute atomic E-state index is 13.4. The highest BCUT2D eigenvalue weighted by molar-refractivity contribution is 7.71. The van der Waals surface area contributed by atoms with E-state index >= 15 is 0 Å². The molecule has 0 bridgehead atoms. The maximum Gasteiger partial charge on any atom is 0.290 e. The fourth-order valence-electron chi connectivity index (χ4n) is 3.30. The van der Waals surface area contributed by atoms with E-state index in [9.17, 15) is 9.90 Å². The van der Waals surface area contributed by atoms with E-state index in [-0.39, 0.29) is 10.5 Å². The standard InChI is InChI=1S/C25H21ClN4O3S/c1-3-33-21-14-8-18(9-15-21)27-28-22-23(31)29(19-10-4-16(2)5-11-19)25(34)30(24(22)32)20-12-6-17(26)7-13-20/h4-15,31H,3H2,1-2H3. The molecule has 4 rings (SSSR count). The Morgan fingerprint density at radius 1 is 0.912 bits per heavy atom. The number of benzene rings is 3. The minimum Gasteiger partial charge on any atom is -0.494 e. The van der Waals surface area contributed by atoms with Crippen LogP contribution in [-0.4, -0.2) is 20.8 Å². The molecule has 0 amide bonds. The Hall–Kier alpha value is -3.75. The molecule has 7 nitrogen and oxygen atoms in total. The van der Waals surface area contributed by atoms with E-state index in [0.717, 1.165) is 5.56 Å². The van der Waals surface area contributed by atoms with Gasteiger partial charge in [-0.05, 0) is 86.7 Å². The summed E-state index contributed by atoms with van der Waals surface area (Å²) in [5, 5.41) is 19.8. The fraction of sp³-hybridized carbons (Fsp3) is 0.120.